The molecule has 0 saturated carbocycles. The summed E-state index contributed by atoms with van der Waals surface area (Å²) in [6.45, 7) is 1.70. The van der Waals surface area contributed by atoms with Crippen LogP contribution < -0.4 is 15.7 Å². The number of aromatic hydroxyl groups is 1. The van der Waals surface area contributed by atoms with Crippen molar-refractivity contribution >= 4 is 23.3 Å². The summed E-state index contributed by atoms with van der Waals surface area (Å²) in [6.07, 6.45) is -2.43. The monoisotopic (exact) mass is 446 g/mol. The molecule has 1 fully saturated rings. The van der Waals surface area contributed by atoms with Gasteiger partial charge in [-0.05, 0) is 30.7 Å². The number of aliphatic hydroxyl groups is 3. The van der Waals surface area contributed by atoms with Crippen molar-refractivity contribution in [3.63, 3.8) is 0 Å². The highest BCUT2D eigenvalue weighted by molar-refractivity contribution is 5.81. The fraction of sp³-hybridized carbons (Fsp3) is 0.368. The number of hydrazone groups is 1. The van der Waals surface area contributed by atoms with Gasteiger partial charge in [-0.3, -0.25) is 9.36 Å². The molecule has 0 spiro atoms. The Hall–Kier alpha value is -3.52. The number of H-pyrrole nitrogens is 1. The molecule has 32 heavy (non-hydrogen) atoms. The predicted octanol–water partition coefficient (Wildman–Crippen LogP) is -0.719. The van der Waals surface area contributed by atoms with Crippen molar-refractivity contribution in [3.05, 3.63) is 40.4 Å². The summed E-state index contributed by atoms with van der Waals surface area (Å²) in [4.78, 5) is 22.9. The molecule has 1 aliphatic rings. The molecule has 0 radical (unpaired) electrons. The highest BCUT2D eigenvalue weighted by Crippen LogP contribution is 2.33. The minimum Gasteiger partial charge on any atom is -0.504 e. The Morgan fingerprint density at radius 1 is 1.38 bits per heavy atom. The van der Waals surface area contributed by atoms with Crippen molar-refractivity contribution in [3.8, 4) is 11.5 Å². The van der Waals surface area contributed by atoms with Crippen LogP contribution in [0.5, 0.6) is 11.5 Å². The van der Waals surface area contributed by atoms with Crippen LogP contribution in [0.3, 0.4) is 0 Å². The number of aromatic amines is 1. The number of benzene rings is 1. The van der Waals surface area contributed by atoms with E-state index in [0.29, 0.717) is 17.9 Å². The third-order valence-electron chi connectivity index (χ3n) is 4.92. The topological polar surface area (TPSA) is 187 Å². The van der Waals surface area contributed by atoms with Crippen molar-refractivity contribution in [2.24, 2.45) is 5.10 Å². The third kappa shape index (κ3) is 3.89. The maximum atomic E-state index is 12.2. The molecule has 0 unspecified atom stereocenters. The van der Waals surface area contributed by atoms with E-state index in [1.165, 1.54) is 23.2 Å². The molecule has 13 heteroatoms. The van der Waals surface area contributed by atoms with Crippen LogP contribution >= 0.6 is 0 Å². The molecule has 0 bridgehead atoms. The number of fused-ring (bicyclic) bond motifs is 1. The SMILES string of the molecule is CCOc1ccc(/C=N/Nc2nc3c(=O)[nH]cnc3n2[C@@H]2O[C@@H](CO)[C@@H](O)[C@H]2O)cc1O. The van der Waals surface area contributed by atoms with Crippen LogP contribution in [0.25, 0.3) is 11.2 Å². The van der Waals surface area contributed by atoms with Gasteiger partial charge in [0.05, 0.1) is 25.8 Å². The predicted molar refractivity (Wildman–Crippen MR) is 112 cm³/mol. The van der Waals surface area contributed by atoms with E-state index in [1.807, 2.05) is 0 Å². The smallest absolute Gasteiger partial charge is 0.278 e. The van der Waals surface area contributed by atoms with Gasteiger partial charge in [-0.15, -0.1) is 0 Å². The van der Waals surface area contributed by atoms with Gasteiger partial charge in [-0.1, -0.05) is 0 Å². The summed E-state index contributed by atoms with van der Waals surface area (Å²) in [5.41, 5.74) is 2.73. The Morgan fingerprint density at radius 3 is 2.88 bits per heavy atom. The van der Waals surface area contributed by atoms with Gasteiger partial charge in [0, 0.05) is 0 Å². The van der Waals surface area contributed by atoms with Gasteiger partial charge in [0.25, 0.3) is 5.56 Å². The van der Waals surface area contributed by atoms with E-state index in [1.54, 1.807) is 19.1 Å². The lowest BCUT2D eigenvalue weighted by Gasteiger charge is -2.18. The molecule has 4 atom stereocenters. The second-order valence-corrected chi connectivity index (χ2v) is 6.97. The second-order valence-electron chi connectivity index (χ2n) is 6.97. The van der Waals surface area contributed by atoms with Crippen LogP contribution in [0, 0.1) is 0 Å². The summed E-state index contributed by atoms with van der Waals surface area (Å²) in [5, 5.41) is 44.0. The van der Waals surface area contributed by atoms with Gasteiger partial charge in [-0.25, -0.2) is 15.4 Å². The van der Waals surface area contributed by atoms with Gasteiger partial charge in [0.15, 0.2) is 28.9 Å². The summed E-state index contributed by atoms with van der Waals surface area (Å²) in [5.74, 6) is 0.296. The lowest BCUT2D eigenvalue weighted by molar-refractivity contribution is -0.0501. The molecule has 1 aliphatic heterocycles. The first-order valence-electron chi connectivity index (χ1n) is 9.77. The quantitative estimate of drug-likeness (QED) is 0.200. The molecular weight excluding hydrogens is 424 g/mol. The Balaban J connectivity index is 1.66. The zero-order valence-electron chi connectivity index (χ0n) is 16.9. The van der Waals surface area contributed by atoms with E-state index in [0.717, 1.165) is 0 Å². The van der Waals surface area contributed by atoms with Gasteiger partial charge >= 0.3 is 0 Å². The van der Waals surface area contributed by atoms with Gasteiger partial charge in [0.1, 0.15) is 18.3 Å². The fourth-order valence-corrected chi connectivity index (χ4v) is 3.39. The zero-order valence-corrected chi connectivity index (χ0v) is 16.9. The number of nitrogens with zero attached hydrogens (tertiary/aromatic N) is 4. The number of ether oxygens (including phenoxy) is 2. The van der Waals surface area contributed by atoms with Gasteiger partial charge in [-0.2, -0.15) is 5.10 Å². The lowest BCUT2D eigenvalue weighted by Crippen LogP contribution is -2.33. The van der Waals surface area contributed by atoms with Gasteiger partial charge in [0.2, 0.25) is 5.95 Å². The first-order valence-corrected chi connectivity index (χ1v) is 9.77. The van der Waals surface area contributed by atoms with Crippen LogP contribution in [-0.4, -0.2) is 77.7 Å². The van der Waals surface area contributed by atoms with Crippen molar-refractivity contribution in [1.29, 1.82) is 0 Å². The van der Waals surface area contributed by atoms with Gasteiger partial charge < -0.3 is 34.9 Å². The number of phenols is 1. The molecule has 0 aliphatic carbocycles. The molecule has 3 heterocycles. The van der Waals surface area contributed by atoms with Crippen molar-refractivity contribution < 1.29 is 29.9 Å². The average Bonchev–Trinajstić information content (AvgIpc) is 3.28. The molecular formula is C19H22N6O7. The number of aromatic nitrogens is 4. The Morgan fingerprint density at radius 2 is 2.19 bits per heavy atom. The summed E-state index contributed by atoms with van der Waals surface area (Å²) in [6, 6.07) is 4.73. The zero-order chi connectivity index (χ0) is 22.8. The molecule has 3 aromatic rings. The van der Waals surface area contributed by atoms with Crippen molar-refractivity contribution in [2.75, 3.05) is 18.6 Å². The highest BCUT2D eigenvalue weighted by Gasteiger charge is 2.45. The number of hydrogen-bond donors (Lipinski definition) is 6. The normalized spacial score (nSPS) is 23.2. The minimum absolute atomic E-state index is 0.00504. The largest absolute Gasteiger partial charge is 0.504 e. The van der Waals surface area contributed by atoms with Crippen LogP contribution in [-0.2, 0) is 4.74 Å². The Bertz CT molecular complexity index is 1190. The van der Waals surface area contributed by atoms with E-state index >= 15 is 0 Å². The Kier molecular flexibility index (Phi) is 6.05. The Labute approximate surface area is 180 Å². The molecule has 170 valence electrons. The van der Waals surface area contributed by atoms with Crippen LogP contribution in [0.4, 0.5) is 5.95 Å². The van der Waals surface area contributed by atoms with E-state index in [9.17, 15) is 25.2 Å². The third-order valence-corrected chi connectivity index (χ3v) is 4.92. The fourth-order valence-electron chi connectivity index (χ4n) is 3.39. The molecule has 13 nitrogen and oxygen atoms in total. The first-order chi connectivity index (χ1) is 15.4. The van der Waals surface area contributed by atoms with Crippen LogP contribution in [0.1, 0.15) is 18.7 Å². The molecule has 6 N–H and O–H groups in total. The number of hydrogen-bond acceptors (Lipinski definition) is 11. The summed E-state index contributed by atoms with van der Waals surface area (Å²) < 4.78 is 12.1. The average molecular weight is 446 g/mol. The standard InChI is InChI=1S/C19H22N6O7/c1-2-31-11-4-3-9(5-10(11)27)6-22-24-19-23-13-16(20-8-21-17(13)30)25(19)18-15(29)14(28)12(7-26)32-18/h3-6,8,12,14-15,18,26-29H,2,7H2,1H3,(H,23,24)(H,20,21,30)/b22-6+/t12-,14+,15+,18+/m0/s1. The molecule has 1 aromatic carbocycles. The minimum atomic E-state index is -1.42. The van der Waals surface area contributed by atoms with Crippen molar-refractivity contribution in [2.45, 2.75) is 31.5 Å². The number of aliphatic hydroxyl groups excluding tert-OH is 3. The number of anilines is 1. The molecule has 2 aromatic heterocycles. The van der Waals surface area contributed by atoms with E-state index in [2.05, 4.69) is 25.5 Å². The molecule has 1 saturated heterocycles. The van der Waals surface area contributed by atoms with Crippen LogP contribution in [0.2, 0.25) is 0 Å². The number of phenolic OH excluding ortho intramolecular Hbond substituents is 1. The molecule has 0 amide bonds. The summed E-state index contributed by atoms with van der Waals surface area (Å²) in [7, 11) is 0. The highest BCUT2D eigenvalue weighted by atomic mass is 16.6. The second kappa shape index (κ2) is 8.92. The summed E-state index contributed by atoms with van der Waals surface area (Å²) >= 11 is 0. The van der Waals surface area contributed by atoms with E-state index in [-0.39, 0.29) is 22.9 Å². The van der Waals surface area contributed by atoms with Crippen molar-refractivity contribution in [1.82, 2.24) is 19.5 Å². The first kappa shape index (κ1) is 21.7. The molecule has 4 rings (SSSR count). The van der Waals surface area contributed by atoms with E-state index in [4.69, 9.17) is 9.47 Å². The van der Waals surface area contributed by atoms with Crippen LogP contribution in [0.15, 0.2) is 34.4 Å². The lowest BCUT2D eigenvalue weighted by atomic mass is 10.1. The number of nitrogens with one attached hydrogen (secondary N) is 2. The number of rotatable bonds is 7. The maximum absolute atomic E-state index is 12.2. The maximum Gasteiger partial charge on any atom is 0.278 e. The number of imidazole rings is 1. The van der Waals surface area contributed by atoms with E-state index < -0.39 is 36.7 Å².